The van der Waals surface area contributed by atoms with Gasteiger partial charge in [-0.1, -0.05) is 17.7 Å². The van der Waals surface area contributed by atoms with Crippen molar-refractivity contribution in [3.63, 3.8) is 0 Å². The van der Waals surface area contributed by atoms with Gasteiger partial charge >= 0.3 is 5.97 Å². The van der Waals surface area contributed by atoms with Gasteiger partial charge in [0.1, 0.15) is 6.54 Å². The average Bonchev–Trinajstić information content (AvgIpc) is 2.50. The number of ether oxygens (including phenoxy) is 1. The van der Waals surface area contributed by atoms with Crippen molar-refractivity contribution in [3.8, 4) is 0 Å². The monoisotopic (exact) mass is 286 g/mol. The molecule has 0 unspecified atom stereocenters. The second-order valence-corrected chi connectivity index (χ2v) is 5.54. The minimum Gasteiger partial charge on any atom is -0.465 e. The van der Waals surface area contributed by atoms with Crippen molar-refractivity contribution in [2.75, 3.05) is 13.2 Å². The minimum atomic E-state index is -4.03. The molecule has 0 saturated heterocycles. The van der Waals surface area contributed by atoms with E-state index < -0.39 is 22.7 Å². The van der Waals surface area contributed by atoms with Crippen molar-refractivity contribution in [3.05, 3.63) is 35.6 Å². The third-order valence-electron chi connectivity index (χ3n) is 2.44. The SMILES string of the molecule is CCOC(=O)CN(C1=CC=C(C)CC=C1)S(N)(=O)=O. The first-order chi connectivity index (χ1) is 8.84. The molecule has 0 aliphatic heterocycles. The standard InChI is InChI=1S/C12H18N2O4S/c1-3-18-12(15)9-14(19(13,16)17)11-6-4-5-10(2)7-8-11/h4,6-8H,3,5,9H2,1-2H3,(H2,13,16,17). The van der Waals surface area contributed by atoms with E-state index in [0.29, 0.717) is 5.70 Å². The molecule has 7 heteroatoms. The molecule has 0 amide bonds. The van der Waals surface area contributed by atoms with Crippen LogP contribution in [0.15, 0.2) is 35.6 Å². The Balaban J connectivity index is 3.02. The predicted molar refractivity (Wildman–Crippen MR) is 72.0 cm³/mol. The molecule has 2 N–H and O–H groups in total. The van der Waals surface area contributed by atoms with Gasteiger partial charge in [0, 0.05) is 0 Å². The molecule has 1 rings (SSSR count). The molecule has 0 aromatic heterocycles. The van der Waals surface area contributed by atoms with Crippen LogP contribution in [0.2, 0.25) is 0 Å². The second kappa shape index (κ2) is 6.53. The summed E-state index contributed by atoms with van der Waals surface area (Å²) in [6.07, 6.45) is 7.56. The number of carbonyl (C=O) groups is 1. The van der Waals surface area contributed by atoms with Crippen LogP contribution >= 0.6 is 0 Å². The predicted octanol–water partition coefficient (Wildman–Crippen LogP) is 0.845. The van der Waals surface area contributed by atoms with E-state index in [4.69, 9.17) is 9.88 Å². The highest BCUT2D eigenvalue weighted by molar-refractivity contribution is 7.86. The summed E-state index contributed by atoms with van der Waals surface area (Å²) in [5, 5.41) is 5.14. The zero-order chi connectivity index (χ0) is 14.5. The van der Waals surface area contributed by atoms with Gasteiger partial charge in [-0.15, -0.1) is 0 Å². The molecule has 0 atom stereocenters. The normalized spacial score (nSPS) is 15.3. The topological polar surface area (TPSA) is 89.7 Å². The van der Waals surface area contributed by atoms with Crippen LogP contribution in [0.1, 0.15) is 20.3 Å². The molecule has 0 saturated carbocycles. The molecule has 0 spiro atoms. The maximum Gasteiger partial charge on any atom is 0.326 e. The third-order valence-corrected chi connectivity index (χ3v) is 3.39. The lowest BCUT2D eigenvalue weighted by Crippen LogP contribution is -2.39. The Kier molecular flexibility index (Phi) is 5.31. The van der Waals surface area contributed by atoms with Crippen molar-refractivity contribution in [2.24, 2.45) is 5.14 Å². The summed E-state index contributed by atoms with van der Waals surface area (Å²) >= 11 is 0. The van der Waals surface area contributed by atoms with E-state index in [-0.39, 0.29) is 6.61 Å². The number of carbonyl (C=O) groups excluding carboxylic acids is 1. The molecule has 0 aromatic rings. The average molecular weight is 286 g/mol. The van der Waals surface area contributed by atoms with Crippen molar-refractivity contribution in [1.29, 1.82) is 0 Å². The number of allylic oxidation sites excluding steroid dienone is 5. The highest BCUT2D eigenvalue weighted by atomic mass is 32.2. The number of esters is 1. The van der Waals surface area contributed by atoms with Gasteiger partial charge in [0.2, 0.25) is 0 Å². The summed E-state index contributed by atoms with van der Waals surface area (Å²) < 4.78 is 28.7. The summed E-state index contributed by atoms with van der Waals surface area (Å²) in [6.45, 7) is 3.33. The van der Waals surface area contributed by atoms with Crippen LogP contribution in [0, 0.1) is 0 Å². The second-order valence-electron chi connectivity index (χ2n) is 4.07. The number of rotatable bonds is 5. The zero-order valence-corrected chi connectivity index (χ0v) is 11.8. The summed E-state index contributed by atoms with van der Waals surface area (Å²) in [5.74, 6) is -0.643. The Morgan fingerprint density at radius 3 is 2.74 bits per heavy atom. The minimum absolute atomic E-state index is 0.186. The third kappa shape index (κ3) is 4.88. The Hall–Kier alpha value is -1.60. The van der Waals surface area contributed by atoms with E-state index in [1.807, 2.05) is 13.0 Å². The van der Waals surface area contributed by atoms with Gasteiger partial charge in [0.05, 0.1) is 12.3 Å². The zero-order valence-electron chi connectivity index (χ0n) is 11.0. The van der Waals surface area contributed by atoms with Crippen LogP contribution in [-0.4, -0.2) is 31.8 Å². The summed E-state index contributed by atoms with van der Waals surface area (Å²) in [7, 11) is -4.03. The summed E-state index contributed by atoms with van der Waals surface area (Å²) in [6, 6.07) is 0. The molecule has 0 heterocycles. The maximum absolute atomic E-state index is 11.6. The van der Waals surface area contributed by atoms with E-state index in [1.165, 1.54) is 0 Å². The summed E-state index contributed by atoms with van der Waals surface area (Å²) in [4.78, 5) is 11.4. The Morgan fingerprint density at radius 2 is 2.16 bits per heavy atom. The van der Waals surface area contributed by atoms with Gasteiger partial charge in [-0.25, -0.2) is 9.44 Å². The van der Waals surface area contributed by atoms with Gasteiger partial charge in [0.25, 0.3) is 10.2 Å². The lowest BCUT2D eigenvalue weighted by molar-refractivity contribution is -0.142. The molecule has 6 nitrogen and oxygen atoms in total. The molecular weight excluding hydrogens is 268 g/mol. The van der Waals surface area contributed by atoms with E-state index in [0.717, 1.165) is 16.3 Å². The van der Waals surface area contributed by atoms with Crippen LogP contribution in [0.4, 0.5) is 0 Å². The Bertz CT molecular complexity index is 532. The molecule has 1 aliphatic rings. The highest BCUT2D eigenvalue weighted by Crippen LogP contribution is 2.16. The number of hydrogen-bond donors (Lipinski definition) is 1. The maximum atomic E-state index is 11.6. The van der Waals surface area contributed by atoms with Gasteiger partial charge in [0.15, 0.2) is 0 Å². The molecule has 106 valence electrons. The van der Waals surface area contributed by atoms with Gasteiger partial charge in [-0.3, -0.25) is 4.79 Å². The van der Waals surface area contributed by atoms with Crippen LogP contribution in [-0.2, 0) is 19.7 Å². The fraction of sp³-hybridized carbons (Fsp3) is 0.417. The highest BCUT2D eigenvalue weighted by Gasteiger charge is 2.22. The first-order valence-electron chi connectivity index (χ1n) is 5.84. The molecule has 1 aliphatic carbocycles. The molecular formula is C12H18N2O4S. The largest absolute Gasteiger partial charge is 0.465 e. The fourth-order valence-electron chi connectivity index (χ4n) is 1.54. The molecule has 19 heavy (non-hydrogen) atoms. The smallest absolute Gasteiger partial charge is 0.326 e. The van der Waals surface area contributed by atoms with Crippen LogP contribution < -0.4 is 5.14 Å². The van der Waals surface area contributed by atoms with Crippen molar-refractivity contribution in [1.82, 2.24) is 4.31 Å². The number of nitrogens with two attached hydrogens (primary N) is 1. The Morgan fingerprint density at radius 1 is 1.47 bits per heavy atom. The van der Waals surface area contributed by atoms with E-state index in [1.54, 1.807) is 25.2 Å². The lowest BCUT2D eigenvalue weighted by Gasteiger charge is -2.21. The molecule has 0 bridgehead atoms. The fourth-order valence-corrected chi connectivity index (χ4v) is 2.24. The number of hydrogen-bond acceptors (Lipinski definition) is 4. The van der Waals surface area contributed by atoms with Crippen molar-refractivity contribution in [2.45, 2.75) is 20.3 Å². The van der Waals surface area contributed by atoms with Crippen molar-refractivity contribution >= 4 is 16.2 Å². The lowest BCUT2D eigenvalue weighted by atomic mass is 10.2. The van der Waals surface area contributed by atoms with Crippen LogP contribution in [0.5, 0.6) is 0 Å². The van der Waals surface area contributed by atoms with Gasteiger partial charge in [-0.05, 0) is 32.4 Å². The molecule has 0 fully saturated rings. The first-order valence-corrected chi connectivity index (χ1v) is 7.35. The molecule has 0 aromatic carbocycles. The van der Waals surface area contributed by atoms with Gasteiger partial charge in [-0.2, -0.15) is 8.42 Å². The first kappa shape index (κ1) is 15.5. The van der Waals surface area contributed by atoms with E-state index in [9.17, 15) is 13.2 Å². The number of nitrogens with zero attached hydrogens (tertiary/aromatic N) is 1. The van der Waals surface area contributed by atoms with E-state index in [2.05, 4.69) is 0 Å². The van der Waals surface area contributed by atoms with Crippen LogP contribution in [0.3, 0.4) is 0 Å². The summed E-state index contributed by atoms with van der Waals surface area (Å²) in [5.41, 5.74) is 1.42. The van der Waals surface area contributed by atoms with Crippen LogP contribution in [0.25, 0.3) is 0 Å². The van der Waals surface area contributed by atoms with Gasteiger partial charge < -0.3 is 4.74 Å². The Labute approximate surface area is 113 Å². The quantitative estimate of drug-likeness (QED) is 0.758. The van der Waals surface area contributed by atoms with E-state index >= 15 is 0 Å². The molecule has 0 radical (unpaired) electrons. The van der Waals surface area contributed by atoms with Crippen molar-refractivity contribution < 1.29 is 17.9 Å².